The number of aromatic amines is 1. The molecule has 0 spiro atoms. The van der Waals surface area contributed by atoms with Gasteiger partial charge in [0.25, 0.3) is 5.91 Å². The van der Waals surface area contributed by atoms with E-state index in [1.165, 1.54) is 0 Å². The average Bonchev–Trinajstić information content (AvgIpc) is 2.69. The fraction of sp³-hybridized carbons (Fsp3) is 0.100. The summed E-state index contributed by atoms with van der Waals surface area (Å²) in [5, 5.41) is 17.9. The van der Waals surface area contributed by atoms with E-state index in [1.807, 2.05) is 6.07 Å². The highest BCUT2D eigenvalue weighted by Gasteiger charge is 2.13. The Morgan fingerprint density at radius 3 is 2.88 bits per heavy atom. The molecule has 3 N–H and O–H groups in total. The summed E-state index contributed by atoms with van der Waals surface area (Å²) in [6.45, 7) is -0.417. The number of carboxylic acid groups (broad SMARTS) is 1. The van der Waals surface area contributed by atoms with Crippen molar-refractivity contribution in [2.75, 3.05) is 6.54 Å². The highest BCUT2D eigenvalue weighted by molar-refractivity contribution is 6.05. The van der Waals surface area contributed by atoms with Crippen LogP contribution in [-0.4, -0.2) is 33.7 Å². The second-order valence-corrected chi connectivity index (χ2v) is 3.19. The normalized spacial score (nSPS) is 10.2. The van der Waals surface area contributed by atoms with Crippen LogP contribution in [0.2, 0.25) is 0 Å². The van der Waals surface area contributed by atoms with E-state index in [1.54, 1.807) is 18.2 Å². The molecule has 1 aromatic carbocycles. The van der Waals surface area contributed by atoms with E-state index in [2.05, 4.69) is 15.5 Å². The number of benzene rings is 1. The number of nitrogens with zero attached hydrogens (tertiary/aromatic N) is 1. The Bertz CT molecular complexity index is 547. The monoisotopic (exact) mass is 219 g/mol. The Morgan fingerprint density at radius 2 is 2.12 bits per heavy atom. The maximum atomic E-state index is 11.6. The lowest BCUT2D eigenvalue weighted by atomic mass is 10.2. The molecule has 0 aliphatic rings. The predicted molar refractivity (Wildman–Crippen MR) is 56.1 cm³/mol. The summed E-state index contributed by atoms with van der Waals surface area (Å²) in [5.41, 5.74) is 0.944. The maximum Gasteiger partial charge on any atom is 0.322 e. The van der Waals surface area contributed by atoms with Gasteiger partial charge in [0.1, 0.15) is 6.54 Å². The van der Waals surface area contributed by atoms with Crippen LogP contribution in [0.1, 0.15) is 10.5 Å². The minimum Gasteiger partial charge on any atom is -0.480 e. The molecule has 82 valence electrons. The second-order valence-electron chi connectivity index (χ2n) is 3.19. The Kier molecular flexibility index (Phi) is 2.55. The Balaban J connectivity index is 2.26. The van der Waals surface area contributed by atoms with Crippen LogP contribution < -0.4 is 5.32 Å². The summed E-state index contributed by atoms with van der Waals surface area (Å²) < 4.78 is 0. The molecule has 2 aromatic rings. The minimum atomic E-state index is -1.09. The third-order valence-corrected chi connectivity index (χ3v) is 2.09. The van der Waals surface area contributed by atoms with E-state index in [4.69, 9.17) is 5.11 Å². The smallest absolute Gasteiger partial charge is 0.322 e. The van der Waals surface area contributed by atoms with Crippen LogP contribution in [0.4, 0.5) is 0 Å². The minimum absolute atomic E-state index is 0.205. The Hall–Kier alpha value is -2.37. The molecule has 0 aliphatic carbocycles. The molecule has 0 bridgehead atoms. The van der Waals surface area contributed by atoms with Crippen LogP contribution in [0, 0.1) is 0 Å². The lowest BCUT2D eigenvalue weighted by Gasteiger charge is -1.98. The lowest BCUT2D eigenvalue weighted by molar-refractivity contribution is -0.135. The predicted octanol–water partition coefficient (Wildman–Crippen LogP) is 0.377. The maximum absolute atomic E-state index is 11.6. The number of carbonyl (C=O) groups is 2. The molecule has 16 heavy (non-hydrogen) atoms. The van der Waals surface area contributed by atoms with Crippen molar-refractivity contribution in [2.24, 2.45) is 0 Å². The highest BCUT2D eigenvalue weighted by atomic mass is 16.4. The largest absolute Gasteiger partial charge is 0.480 e. The first kappa shape index (κ1) is 10.2. The zero-order valence-corrected chi connectivity index (χ0v) is 8.23. The van der Waals surface area contributed by atoms with Gasteiger partial charge in [0.2, 0.25) is 0 Å². The number of carboxylic acids is 1. The number of fused-ring (bicyclic) bond motifs is 1. The van der Waals surface area contributed by atoms with Crippen LogP contribution in [0.3, 0.4) is 0 Å². The first-order valence-electron chi connectivity index (χ1n) is 4.61. The van der Waals surface area contributed by atoms with Crippen molar-refractivity contribution in [3.05, 3.63) is 30.0 Å². The SMILES string of the molecule is O=C(O)CNC(=O)c1n[nH]c2ccccc12. The molecule has 6 heteroatoms. The molecular weight excluding hydrogens is 210 g/mol. The van der Waals surface area contributed by atoms with E-state index in [-0.39, 0.29) is 5.69 Å². The van der Waals surface area contributed by atoms with Crippen LogP contribution in [0.25, 0.3) is 10.9 Å². The fourth-order valence-electron chi connectivity index (χ4n) is 1.38. The third kappa shape index (κ3) is 1.85. The van der Waals surface area contributed by atoms with E-state index in [0.29, 0.717) is 5.39 Å². The molecule has 0 atom stereocenters. The van der Waals surface area contributed by atoms with Crippen LogP contribution in [0.5, 0.6) is 0 Å². The van der Waals surface area contributed by atoms with Crippen molar-refractivity contribution in [1.29, 1.82) is 0 Å². The van der Waals surface area contributed by atoms with Crippen molar-refractivity contribution in [2.45, 2.75) is 0 Å². The van der Waals surface area contributed by atoms with E-state index in [9.17, 15) is 9.59 Å². The van der Waals surface area contributed by atoms with Crippen LogP contribution >= 0.6 is 0 Å². The number of carbonyl (C=O) groups excluding carboxylic acids is 1. The van der Waals surface area contributed by atoms with Crippen molar-refractivity contribution >= 4 is 22.8 Å². The number of hydrogen-bond acceptors (Lipinski definition) is 3. The molecule has 1 amide bonds. The molecule has 0 radical (unpaired) electrons. The highest BCUT2D eigenvalue weighted by Crippen LogP contribution is 2.14. The van der Waals surface area contributed by atoms with E-state index >= 15 is 0 Å². The van der Waals surface area contributed by atoms with Gasteiger partial charge in [0.15, 0.2) is 5.69 Å². The van der Waals surface area contributed by atoms with Gasteiger partial charge in [-0.3, -0.25) is 14.7 Å². The lowest BCUT2D eigenvalue weighted by Crippen LogP contribution is -2.29. The zero-order valence-electron chi connectivity index (χ0n) is 8.23. The van der Waals surface area contributed by atoms with Crippen molar-refractivity contribution < 1.29 is 14.7 Å². The molecule has 0 saturated carbocycles. The van der Waals surface area contributed by atoms with Gasteiger partial charge in [0.05, 0.1) is 5.52 Å². The van der Waals surface area contributed by atoms with Crippen LogP contribution in [0.15, 0.2) is 24.3 Å². The Labute approximate surface area is 90.3 Å². The number of aromatic nitrogens is 2. The van der Waals surface area contributed by atoms with Crippen molar-refractivity contribution in [3.8, 4) is 0 Å². The summed E-state index contributed by atoms with van der Waals surface area (Å²) in [6.07, 6.45) is 0. The molecule has 1 aromatic heterocycles. The molecule has 2 rings (SSSR count). The molecular formula is C10H9N3O3. The third-order valence-electron chi connectivity index (χ3n) is 2.09. The summed E-state index contributed by atoms with van der Waals surface area (Å²) >= 11 is 0. The Morgan fingerprint density at radius 1 is 1.38 bits per heavy atom. The first-order valence-corrected chi connectivity index (χ1v) is 4.61. The summed E-state index contributed by atoms with van der Waals surface area (Å²) in [7, 11) is 0. The van der Waals surface area contributed by atoms with E-state index < -0.39 is 18.4 Å². The quantitative estimate of drug-likeness (QED) is 0.695. The molecule has 0 unspecified atom stereocenters. The fourth-order valence-corrected chi connectivity index (χ4v) is 1.38. The van der Waals surface area contributed by atoms with Gasteiger partial charge < -0.3 is 10.4 Å². The number of rotatable bonds is 3. The zero-order chi connectivity index (χ0) is 11.5. The summed E-state index contributed by atoms with van der Waals surface area (Å²) in [5.74, 6) is -1.59. The molecule has 0 aliphatic heterocycles. The number of nitrogens with one attached hydrogen (secondary N) is 2. The number of aliphatic carboxylic acids is 1. The van der Waals surface area contributed by atoms with Gasteiger partial charge >= 0.3 is 5.97 Å². The average molecular weight is 219 g/mol. The standard InChI is InChI=1S/C10H9N3O3/c14-8(15)5-11-10(16)9-6-3-1-2-4-7(6)12-13-9/h1-4H,5H2,(H,11,16)(H,12,13)(H,14,15). The number of para-hydroxylation sites is 1. The van der Waals surface area contributed by atoms with Gasteiger partial charge in [-0.15, -0.1) is 0 Å². The van der Waals surface area contributed by atoms with Gasteiger partial charge in [-0.1, -0.05) is 18.2 Å². The number of H-pyrrole nitrogens is 1. The molecule has 0 saturated heterocycles. The molecule has 1 heterocycles. The number of hydrogen-bond donors (Lipinski definition) is 3. The van der Waals surface area contributed by atoms with Crippen molar-refractivity contribution in [1.82, 2.24) is 15.5 Å². The number of amides is 1. The van der Waals surface area contributed by atoms with Crippen LogP contribution in [-0.2, 0) is 4.79 Å². The topological polar surface area (TPSA) is 95.1 Å². The second kappa shape index (κ2) is 4.01. The van der Waals surface area contributed by atoms with Crippen molar-refractivity contribution in [3.63, 3.8) is 0 Å². The molecule has 6 nitrogen and oxygen atoms in total. The van der Waals surface area contributed by atoms with Gasteiger partial charge in [-0.2, -0.15) is 5.10 Å². The molecule has 0 fully saturated rings. The summed E-state index contributed by atoms with van der Waals surface area (Å²) in [6, 6.07) is 7.14. The van der Waals surface area contributed by atoms with Gasteiger partial charge in [-0.05, 0) is 6.07 Å². The summed E-state index contributed by atoms with van der Waals surface area (Å²) in [4.78, 5) is 21.9. The van der Waals surface area contributed by atoms with E-state index in [0.717, 1.165) is 5.52 Å². The first-order chi connectivity index (χ1) is 7.68. The van der Waals surface area contributed by atoms with Gasteiger partial charge in [-0.25, -0.2) is 0 Å². The van der Waals surface area contributed by atoms with Gasteiger partial charge in [0, 0.05) is 5.39 Å².